The van der Waals surface area contributed by atoms with Crippen molar-refractivity contribution in [3.63, 3.8) is 0 Å². The van der Waals surface area contributed by atoms with Crippen LogP contribution in [-0.2, 0) is 0 Å². The van der Waals surface area contributed by atoms with E-state index in [1.54, 1.807) is 11.8 Å². The second-order valence-electron chi connectivity index (χ2n) is 6.73. The molecule has 138 valence electrons. The van der Waals surface area contributed by atoms with Gasteiger partial charge < -0.3 is 4.98 Å². The van der Waals surface area contributed by atoms with E-state index in [2.05, 4.69) is 52.6 Å². The normalized spacial score (nSPS) is 12.6. The number of aromatic nitrogens is 5. The van der Waals surface area contributed by atoms with Crippen molar-refractivity contribution in [3.8, 4) is 11.3 Å². The van der Waals surface area contributed by atoms with Crippen LogP contribution in [0.4, 0.5) is 0 Å². The maximum Gasteiger partial charge on any atom is 0.234 e. The highest BCUT2D eigenvalue weighted by Crippen LogP contribution is 2.37. The smallest absolute Gasteiger partial charge is 0.234 e. The summed E-state index contributed by atoms with van der Waals surface area (Å²) in [6.45, 7) is 6.30. The maximum atomic E-state index is 4.80. The Hall–Kier alpha value is -2.60. The molecule has 1 atom stereocenters. The van der Waals surface area contributed by atoms with E-state index < -0.39 is 0 Å². The molecule has 1 N–H and O–H groups in total. The molecule has 0 saturated heterocycles. The second-order valence-corrected chi connectivity index (χ2v) is 7.92. The first-order chi connectivity index (χ1) is 13.1. The van der Waals surface area contributed by atoms with E-state index in [4.69, 9.17) is 9.97 Å². The van der Waals surface area contributed by atoms with E-state index in [1.807, 2.05) is 31.3 Å². The summed E-state index contributed by atoms with van der Waals surface area (Å²) in [5, 5.41) is 1.16. The minimum absolute atomic E-state index is 0.242. The van der Waals surface area contributed by atoms with E-state index in [0.29, 0.717) is 0 Å². The van der Waals surface area contributed by atoms with Crippen LogP contribution in [0.5, 0.6) is 0 Å². The fourth-order valence-electron chi connectivity index (χ4n) is 3.23. The predicted octanol–water partition coefficient (Wildman–Crippen LogP) is 5.37. The molecule has 5 nitrogen and oxygen atoms in total. The summed E-state index contributed by atoms with van der Waals surface area (Å²) < 4.78 is 2.07. The van der Waals surface area contributed by atoms with Crippen LogP contribution in [0.1, 0.15) is 42.1 Å². The van der Waals surface area contributed by atoms with Crippen LogP contribution in [0.25, 0.3) is 17.0 Å². The number of aromatic amines is 1. The first kappa shape index (κ1) is 17.8. The fourth-order valence-corrected chi connectivity index (χ4v) is 4.36. The summed E-state index contributed by atoms with van der Waals surface area (Å²) in [6.07, 6.45) is 6.21. The van der Waals surface area contributed by atoms with Gasteiger partial charge in [-0.2, -0.15) is 0 Å². The number of hydrogen-bond donors (Lipinski definition) is 1. The Bertz CT molecular complexity index is 1050. The molecule has 4 rings (SSSR count). The molecule has 27 heavy (non-hydrogen) atoms. The van der Waals surface area contributed by atoms with Gasteiger partial charge >= 0.3 is 0 Å². The molecule has 0 spiro atoms. The molecular weight excluding hydrogens is 354 g/mol. The highest BCUT2D eigenvalue weighted by molar-refractivity contribution is 7.99. The number of benzene rings is 1. The summed E-state index contributed by atoms with van der Waals surface area (Å²) in [5.74, 6) is 0.772. The van der Waals surface area contributed by atoms with Gasteiger partial charge in [-0.25, -0.2) is 15.0 Å². The van der Waals surface area contributed by atoms with Crippen LogP contribution in [0.2, 0.25) is 0 Å². The number of nitrogens with zero attached hydrogens (tertiary/aromatic N) is 4. The molecule has 0 aliphatic carbocycles. The molecule has 3 heterocycles. The lowest BCUT2D eigenvalue weighted by atomic mass is 10.2. The topological polar surface area (TPSA) is 58.9 Å². The number of nitrogens with one attached hydrogen (secondary N) is 1. The van der Waals surface area contributed by atoms with Crippen LogP contribution in [0, 0.1) is 13.8 Å². The van der Waals surface area contributed by atoms with Gasteiger partial charge in [0.2, 0.25) is 5.78 Å². The number of thioether (sulfide) groups is 1. The maximum absolute atomic E-state index is 4.80. The third-order valence-corrected chi connectivity index (χ3v) is 5.73. The van der Waals surface area contributed by atoms with Crippen molar-refractivity contribution in [2.45, 2.75) is 44.0 Å². The number of fused-ring (bicyclic) bond motifs is 1. The van der Waals surface area contributed by atoms with Gasteiger partial charge in [0.25, 0.3) is 0 Å². The van der Waals surface area contributed by atoms with E-state index in [9.17, 15) is 0 Å². The van der Waals surface area contributed by atoms with Gasteiger partial charge in [-0.3, -0.25) is 4.40 Å². The lowest BCUT2D eigenvalue weighted by molar-refractivity contribution is 0.761. The Labute approximate surface area is 163 Å². The quantitative estimate of drug-likeness (QED) is 0.459. The van der Waals surface area contributed by atoms with Gasteiger partial charge in [0, 0.05) is 29.3 Å². The molecule has 6 heteroatoms. The molecular formula is C21H23N5S. The molecule has 1 aromatic carbocycles. The van der Waals surface area contributed by atoms with E-state index >= 15 is 0 Å². The molecule has 3 aromatic heterocycles. The summed E-state index contributed by atoms with van der Waals surface area (Å²) in [7, 11) is 0. The average molecular weight is 378 g/mol. The molecule has 0 radical (unpaired) electrons. The molecule has 4 aromatic rings. The van der Waals surface area contributed by atoms with Gasteiger partial charge in [0.1, 0.15) is 0 Å². The summed E-state index contributed by atoms with van der Waals surface area (Å²) >= 11 is 1.74. The van der Waals surface area contributed by atoms with Crippen molar-refractivity contribution in [1.29, 1.82) is 0 Å². The number of hydrogen-bond acceptors (Lipinski definition) is 4. The largest absolute Gasteiger partial charge is 0.339 e. The van der Waals surface area contributed by atoms with Crippen molar-refractivity contribution in [2.75, 3.05) is 0 Å². The van der Waals surface area contributed by atoms with E-state index in [1.165, 1.54) is 0 Å². The third-order valence-electron chi connectivity index (χ3n) is 4.54. The number of imidazole rings is 2. The molecule has 0 saturated carbocycles. The summed E-state index contributed by atoms with van der Waals surface area (Å²) in [6, 6.07) is 12.3. The molecule has 0 fully saturated rings. The van der Waals surface area contributed by atoms with Crippen molar-refractivity contribution >= 4 is 17.5 Å². The average Bonchev–Trinajstić information content (AvgIpc) is 3.29. The van der Waals surface area contributed by atoms with E-state index in [0.717, 1.165) is 52.1 Å². The van der Waals surface area contributed by atoms with Crippen molar-refractivity contribution in [2.24, 2.45) is 0 Å². The van der Waals surface area contributed by atoms with Crippen LogP contribution in [0.15, 0.2) is 53.9 Å². The van der Waals surface area contributed by atoms with Gasteiger partial charge in [-0.15, -0.1) is 0 Å². The highest BCUT2D eigenvalue weighted by atomic mass is 32.2. The Balaban J connectivity index is 1.62. The van der Waals surface area contributed by atoms with Crippen LogP contribution >= 0.6 is 11.8 Å². The molecule has 1 unspecified atom stereocenters. The van der Waals surface area contributed by atoms with Crippen LogP contribution < -0.4 is 0 Å². The minimum Gasteiger partial charge on any atom is -0.339 e. The first-order valence-corrected chi connectivity index (χ1v) is 10.1. The highest BCUT2D eigenvalue weighted by Gasteiger charge is 2.19. The zero-order valence-electron chi connectivity index (χ0n) is 15.8. The Morgan fingerprint density at radius 1 is 1.11 bits per heavy atom. The second kappa shape index (κ2) is 7.56. The van der Waals surface area contributed by atoms with Gasteiger partial charge in [-0.05, 0) is 26.3 Å². The molecule has 0 amide bonds. The summed E-state index contributed by atoms with van der Waals surface area (Å²) in [4.78, 5) is 17.5. The number of aryl methyl sites for hydroxylation is 2. The predicted molar refractivity (Wildman–Crippen MR) is 110 cm³/mol. The standard InChI is InChI=1S/C21H23N5S/c1-4-8-19(18-13-26-15(3)11-14(2)23-20(26)24-18)27-21-22-12-17(25-21)16-9-6-5-7-10-16/h5-7,9-13,19H,4,8H2,1-3H3,(H,22,25). The van der Waals surface area contributed by atoms with E-state index in [-0.39, 0.29) is 5.25 Å². The van der Waals surface area contributed by atoms with Crippen molar-refractivity contribution < 1.29 is 0 Å². The number of rotatable bonds is 6. The van der Waals surface area contributed by atoms with Gasteiger partial charge in [0.05, 0.1) is 16.6 Å². The van der Waals surface area contributed by atoms with Gasteiger partial charge in [0.15, 0.2) is 5.16 Å². The van der Waals surface area contributed by atoms with Crippen LogP contribution in [-0.4, -0.2) is 24.3 Å². The Morgan fingerprint density at radius 3 is 2.70 bits per heavy atom. The van der Waals surface area contributed by atoms with Crippen LogP contribution in [0.3, 0.4) is 0 Å². The lowest BCUT2D eigenvalue weighted by Crippen LogP contribution is -1.95. The molecule has 0 bridgehead atoms. The Kier molecular flexibility index (Phi) is 4.99. The monoisotopic (exact) mass is 377 g/mol. The zero-order valence-corrected chi connectivity index (χ0v) is 16.6. The van der Waals surface area contributed by atoms with Crippen molar-refractivity contribution in [1.82, 2.24) is 24.3 Å². The molecule has 0 aliphatic heterocycles. The zero-order chi connectivity index (χ0) is 18.8. The van der Waals surface area contributed by atoms with Crippen molar-refractivity contribution in [3.05, 3.63) is 65.9 Å². The third kappa shape index (κ3) is 3.76. The summed E-state index contributed by atoms with van der Waals surface area (Å²) in [5.41, 5.74) is 5.30. The first-order valence-electron chi connectivity index (χ1n) is 9.24. The minimum atomic E-state index is 0.242. The van der Waals surface area contributed by atoms with Gasteiger partial charge in [-0.1, -0.05) is 55.4 Å². The molecule has 0 aliphatic rings. The number of H-pyrrole nitrogens is 1. The SMILES string of the molecule is CCCC(Sc1nc(-c2ccccc2)c[nH]1)c1cn2c(C)cc(C)nc2n1. The Morgan fingerprint density at radius 2 is 1.93 bits per heavy atom. The lowest BCUT2D eigenvalue weighted by Gasteiger charge is -2.11. The fraction of sp³-hybridized carbons (Fsp3) is 0.286.